The van der Waals surface area contributed by atoms with Crippen LogP contribution in [-0.4, -0.2) is 21.5 Å². The van der Waals surface area contributed by atoms with E-state index in [0.717, 1.165) is 0 Å². The van der Waals surface area contributed by atoms with Gasteiger partial charge < -0.3 is 0 Å². The molecule has 56 valence electrons. The van der Waals surface area contributed by atoms with Gasteiger partial charge in [0.25, 0.3) is 0 Å². The molecule has 0 spiro atoms. The van der Waals surface area contributed by atoms with E-state index in [0.29, 0.717) is 11.0 Å². The minimum absolute atomic E-state index is 0.356. The zero-order valence-electron chi connectivity index (χ0n) is 5.39. The molecule has 0 aromatic heterocycles. The smallest absolute Gasteiger partial charge is 0.184 e. The topological polar surface area (TPSA) is 54.0 Å². The summed E-state index contributed by atoms with van der Waals surface area (Å²) in [6.45, 7) is 1.77. The van der Waals surface area contributed by atoms with Crippen LogP contribution in [0.1, 0.15) is 6.92 Å². The van der Waals surface area contributed by atoms with Crippen LogP contribution in [0.4, 0.5) is 0 Å². The Morgan fingerprint density at radius 1 is 1.70 bits per heavy atom. The molecule has 0 saturated carbocycles. The van der Waals surface area contributed by atoms with E-state index in [1.54, 1.807) is 6.92 Å². The molecule has 1 heterocycles. The second kappa shape index (κ2) is 2.81. The summed E-state index contributed by atoms with van der Waals surface area (Å²) in [7, 11) is 0. The molecule has 4 nitrogen and oxygen atoms in total. The fourth-order valence-electron chi connectivity index (χ4n) is 0.564. The molecule has 0 aromatic rings. The Balaban J connectivity index is 2.85. The first kappa shape index (κ1) is 7.90. The average molecular weight is 176 g/mol. The van der Waals surface area contributed by atoms with Crippen molar-refractivity contribution in [1.29, 1.82) is 0 Å². The number of hydrogen-bond acceptors (Lipinski definition) is 5. The molecule has 1 aliphatic heterocycles. The van der Waals surface area contributed by atoms with Crippen LogP contribution in [0.15, 0.2) is 9.98 Å². The van der Waals surface area contributed by atoms with Crippen molar-refractivity contribution in [2.75, 3.05) is 0 Å². The number of rotatable bonds is 0. The fourth-order valence-corrected chi connectivity index (χ4v) is 1.19. The average Bonchev–Trinajstić information content (AvgIpc) is 1.82. The van der Waals surface area contributed by atoms with Crippen LogP contribution in [0.2, 0.25) is 0 Å². The number of aliphatic imine (C=N–C) groups is 2. The second-order valence-corrected chi connectivity index (χ2v) is 2.70. The lowest BCUT2D eigenvalue weighted by molar-refractivity contribution is 0.418. The maximum atomic E-state index is 5.47. The summed E-state index contributed by atoms with van der Waals surface area (Å²) >= 11 is 8.01. The van der Waals surface area contributed by atoms with Crippen LogP contribution in [0.5, 0.6) is 0 Å². The highest BCUT2D eigenvalue weighted by atomic mass is 32.1. The number of nitrogens with two attached hydrogens (primary N) is 1. The van der Waals surface area contributed by atoms with E-state index in [2.05, 4.69) is 35.2 Å². The van der Waals surface area contributed by atoms with Gasteiger partial charge in [0.2, 0.25) is 0 Å². The normalized spacial score (nSPS) is 26.0. The van der Waals surface area contributed by atoms with E-state index in [1.165, 1.54) is 5.01 Å². The fraction of sp³-hybridized carbons (Fsp3) is 0.500. The first-order chi connectivity index (χ1) is 4.61. The van der Waals surface area contributed by atoms with Gasteiger partial charge in [0.15, 0.2) is 10.7 Å². The quantitative estimate of drug-likeness (QED) is 0.362. The predicted molar refractivity (Wildman–Crippen MR) is 48.3 cm³/mol. The minimum Gasteiger partial charge on any atom is -0.264 e. The predicted octanol–water partition coefficient (Wildman–Crippen LogP) is 0.0933. The Bertz CT molecular complexity index is 199. The Morgan fingerprint density at radius 3 is 2.80 bits per heavy atom. The molecular weight excluding hydrogens is 168 g/mol. The van der Waals surface area contributed by atoms with Gasteiger partial charge in [0, 0.05) is 0 Å². The molecule has 10 heavy (non-hydrogen) atoms. The van der Waals surface area contributed by atoms with Gasteiger partial charge in [-0.3, -0.25) is 5.01 Å². The molecule has 0 fully saturated rings. The standard InChI is InChI=1S/C4H8N4S2/c1-2-6-3(9)7-4(10)8(2)5/h4,10H,5H2,1H3,(H,7,9). The largest absolute Gasteiger partial charge is 0.264 e. The molecule has 1 rings (SSSR count). The molecule has 0 aliphatic carbocycles. The van der Waals surface area contributed by atoms with Crippen molar-refractivity contribution in [2.24, 2.45) is 15.8 Å². The molecular formula is C4H8N4S2. The lowest BCUT2D eigenvalue weighted by Crippen LogP contribution is -2.43. The van der Waals surface area contributed by atoms with E-state index in [-0.39, 0.29) is 5.50 Å². The summed E-state index contributed by atoms with van der Waals surface area (Å²) in [5.74, 6) is 6.14. The lowest BCUT2D eigenvalue weighted by Gasteiger charge is -2.24. The molecule has 0 bridgehead atoms. The highest BCUT2D eigenvalue weighted by molar-refractivity contribution is 7.97. The summed E-state index contributed by atoms with van der Waals surface area (Å²) in [6.07, 6.45) is 0. The van der Waals surface area contributed by atoms with E-state index in [4.69, 9.17) is 5.84 Å². The van der Waals surface area contributed by atoms with Gasteiger partial charge in [-0.15, -0.1) is 25.3 Å². The highest BCUT2D eigenvalue weighted by Gasteiger charge is 2.15. The van der Waals surface area contributed by atoms with Gasteiger partial charge in [0.1, 0.15) is 5.84 Å². The van der Waals surface area contributed by atoms with E-state index in [1.807, 2.05) is 0 Å². The van der Waals surface area contributed by atoms with Crippen molar-refractivity contribution in [3.8, 4) is 0 Å². The summed E-state index contributed by atoms with van der Waals surface area (Å²) in [5, 5.41) is 1.78. The summed E-state index contributed by atoms with van der Waals surface area (Å²) in [5.41, 5.74) is -0.356. The Morgan fingerprint density at radius 2 is 2.30 bits per heavy atom. The molecule has 6 heteroatoms. The maximum Gasteiger partial charge on any atom is 0.184 e. The molecule has 1 aliphatic rings. The van der Waals surface area contributed by atoms with E-state index < -0.39 is 0 Å². The third-order valence-electron chi connectivity index (χ3n) is 1.12. The van der Waals surface area contributed by atoms with Crippen molar-refractivity contribution < 1.29 is 0 Å². The number of nitrogens with zero attached hydrogens (tertiary/aromatic N) is 3. The van der Waals surface area contributed by atoms with E-state index in [9.17, 15) is 0 Å². The number of hydrazine groups is 1. The van der Waals surface area contributed by atoms with Crippen molar-refractivity contribution in [3.05, 3.63) is 0 Å². The molecule has 1 unspecified atom stereocenters. The first-order valence-electron chi connectivity index (χ1n) is 2.65. The summed E-state index contributed by atoms with van der Waals surface area (Å²) < 4.78 is 0. The summed E-state index contributed by atoms with van der Waals surface area (Å²) in [4.78, 5) is 7.77. The second-order valence-electron chi connectivity index (χ2n) is 1.84. The molecule has 0 aromatic carbocycles. The van der Waals surface area contributed by atoms with E-state index >= 15 is 0 Å². The van der Waals surface area contributed by atoms with Gasteiger partial charge in [-0.25, -0.2) is 15.8 Å². The van der Waals surface area contributed by atoms with Crippen LogP contribution < -0.4 is 5.84 Å². The third kappa shape index (κ3) is 1.44. The first-order valence-corrected chi connectivity index (χ1v) is 3.61. The molecule has 0 amide bonds. The minimum atomic E-state index is -0.356. The Kier molecular flexibility index (Phi) is 2.22. The van der Waals surface area contributed by atoms with Gasteiger partial charge in [-0.1, -0.05) is 0 Å². The van der Waals surface area contributed by atoms with Crippen molar-refractivity contribution in [3.63, 3.8) is 0 Å². The molecule has 0 saturated heterocycles. The van der Waals surface area contributed by atoms with Gasteiger partial charge in [0.05, 0.1) is 0 Å². The number of thiol groups is 2. The zero-order chi connectivity index (χ0) is 7.72. The Hall–Kier alpha value is -0.200. The molecule has 0 radical (unpaired) electrons. The third-order valence-corrected chi connectivity index (χ3v) is 1.69. The lowest BCUT2D eigenvalue weighted by atomic mass is 10.6. The van der Waals surface area contributed by atoms with Crippen LogP contribution in [0.25, 0.3) is 0 Å². The number of amidine groups is 2. The van der Waals surface area contributed by atoms with Crippen molar-refractivity contribution in [1.82, 2.24) is 5.01 Å². The van der Waals surface area contributed by atoms with Crippen molar-refractivity contribution >= 4 is 36.3 Å². The molecule has 2 N–H and O–H groups in total. The van der Waals surface area contributed by atoms with Crippen molar-refractivity contribution in [2.45, 2.75) is 12.4 Å². The SMILES string of the molecule is CC1=NC(S)=NC(S)N1N. The van der Waals surface area contributed by atoms with Gasteiger partial charge in [-0.05, 0) is 6.92 Å². The maximum absolute atomic E-state index is 5.47. The Labute approximate surface area is 70.0 Å². The van der Waals surface area contributed by atoms with Crippen LogP contribution in [0.3, 0.4) is 0 Å². The van der Waals surface area contributed by atoms with Gasteiger partial charge >= 0.3 is 0 Å². The van der Waals surface area contributed by atoms with Crippen LogP contribution in [-0.2, 0) is 0 Å². The highest BCUT2D eigenvalue weighted by Crippen LogP contribution is 2.09. The zero-order valence-corrected chi connectivity index (χ0v) is 7.18. The van der Waals surface area contributed by atoms with Crippen LogP contribution in [0, 0.1) is 0 Å². The monoisotopic (exact) mass is 176 g/mol. The number of hydrogen-bond donors (Lipinski definition) is 3. The van der Waals surface area contributed by atoms with Gasteiger partial charge in [-0.2, -0.15) is 0 Å². The molecule has 1 atom stereocenters. The summed E-state index contributed by atoms with van der Waals surface area (Å²) in [6, 6.07) is 0. The van der Waals surface area contributed by atoms with Crippen LogP contribution >= 0.6 is 25.3 Å².